The van der Waals surface area contributed by atoms with Gasteiger partial charge in [0.2, 0.25) is 0 Å². The van der Waals surface area contributed by atoms with Gasteiger partial charge in [-0.1, -0.05) is 18.2 Å². The van der Waals surface area contributed by atoms with E-state index in [1.807, 2.05) is 38.1 Å². The maximum Gasteiger partial charge on any atom is 0.252 e. The van der Waals surface area contributed by atoms with Crippen molar-refractivity contribution < 1.29 is 4.79 Å². The summed E-state index contributed by atoms with van der Waals surface area (Å²) in [4.78, 5) is 16.6. The first kappa shape index (κ1) is 13.5. The molecule has 0 unspecified atom stereocenters. The van der Waals surface area contributed by atoms with Crippen LogP contribution in [0.1, 0.15) is 30.6 Å². The van der Waals surface area contributed by atoms with Gasteiger partial charge in [-0.2, -0.15) is 0 Å². The average Bonchev–Trinajstić information content (AvgIpc) is 2.37. The van der Waals surface area contributed by atoms with Crippen LogP contribution in [0.3, 0.4) is 0 Å². The highest BCUT2D eigenvalue weighted by Crippen LogP contribution is 2.17. The number of para-hydroxylation sites is 1. The molecule has 2 aromatic rings. The van der Waals surface area contributed by atoms with Gasteiger partial charge in [0.05, 0.1) is 11.1 Å². The van der Waals surface area contributed by atoms with Crippen molar-refractivity contribution in [2.24, 2.45) is 5.73 Å². The molecule has 4 heteroatoms. The molecule has 0 spiro atoms. The normalized spacial score (nSPS) is 11.5. The van der Waals surface area contributed by atoms with Crippen LogP contribution in [0.25, 0.3) is 10.9 Å². The molecule has 0 aliphatic heterocycles. The molecule has 0 aliphatic rings. The number of aromatic nitrogens is 1. The first-order chi connectivity index (χ1) is 9.03. The fourth-order valence-electron chi connectivity index (χ4n) is 2.09. The topological polar surface area (TPSA) is 68.0 Å². The van der Waals surface area contributed by atoms with E-state index < -0.39 is 0 Å². The molecule has 0 saturated heterocycles. The van der Waals surface area contributed by atoms with E-state index in [9.17, 15) is 4.79 Å². The van der Waals surface area contributed by atoms with Crippen molar-refractivity contribution in [3.8, 4) is 0 Å². The fraction of sp³-hybridized carbons (Fsp3) is 0.333. The lowest BCUT2D eigenvalue weighted by atomic mass is 9.99. The van der Waals surface area contributed by atoms with Crippen LogP contribution in [-0.4, -0.2) is 23.0 Å². The predicted molar refractivity (Wildman–Crippen MR) is 77.0 cm³/mol. The number of nitrogens with two attached hydrogens (primary N) is 1. The largest absolute Gasteiger partial charge is 0.347 e. The summed E-state index contributed by atoms with van der Waals surface area (Å²) in [5.41, 5.74) is 6.72. The van der Waals surface area contributed by atoms with Crippen molar-refractivity contribution in [2.45, 2.75) is 25.8 Å². The summed E-state index contributed by atoms with van der Waals surface area (Å²) >= 11 is 0. The molecule has 0 radical (unpaired) electrons. The van der Waals surface area contributed by atoms with E-state index in [0.717, 1.165) is 17.3 Å². The number of benzene rings is 1. The molecular formula is C15H19N3O. The summed E-state index contributed by atoms with van der Waals surface area (Å²) in [6, 6.07) is 9.38. The van der Waals surface area contributed by atoms with Crippen molar-refractivity contribution in [3.63, 3.8) is 0 Å². The zero-order valence-electron chi connectivity index (χ0n) is 11.3. The van der Waals surface area contributed by atoms with Gasteiger partial charge in [0.25, 0.3) is 5.91 Å². The average molecular weight is 257 g/mol. The predicted octanol–water partition coefficient (Wildman–Crippen LogP) is 2.09. The first-order valence-corrected chi connectivity index (χ1v) is 6.40. The minimum Gasteiger partial charge on any atom is -0.347 e. The quantitative estimate of drug-likeness (QED) is 0.881. The Bertz CT molecular complexity index is 587. The number of hydrogen-bond acceptors (Lipinski definition) is 3. The van der Waals surface area contributed by atoms with Gasteiger partial charge in [0.1, 0.15) is 0 Å². The SMILES string of the molecule is CC(C)(CCN)NC(=O)c1ccnc2ccccc12. The van der Waals surface area contributed by atoms with Gasteiger partial charge in [0.15, 0.2) is 0 Å². The van der Waals surface area contributed by atoms with Gasteiger partial charge in [-0.05, 0) is 38.9 Å². The van der Waals surface area contributed by atoms with E-state index in [-0.39, 0.29) is 11.4 Å². The third-order valence-corrected chi connectivity index (χ3v) is 3.11. The van der Waals surface area contributed by atoms with E-state index in [1.165, 1.54) is 0 Å². The number of nitrogens with zero attached hydrogens (tertiary/aromatic N) is 1. The summed E-state index contributed by atoms with van der Waals surface area (Å²) in [5, 5.41) is 3.89. The van der Waals surface area contributed by atoms with Crippen LogP contribution in [0.5, 0.6) is 0 Å². The molecule has 100 valence electrons. The minimum atomic E-state index is -0.309. The zero-order chi connectivity index (χ0) is 13.9. The first-order valence-electron chi connectivity index (χ1n) is 6.40. The van der Waals surface area contributed by atoms with Gasteiger partial charge in [0, 0.05) is 17.1 Å². The van der Waals surface area contributed by atoms with E-state index in [4.69, 9.17) is 5.73 Å². The Balaban J connectivity index is 2.32. The Hall–Kier alpha value is -1.94. The van der Waals surface area contributed by atoms with Crippen molar-refractivity contribution >= 4 is 16.8 Å². The molecule has 0 bridgehead atoms. The van der Waals surface area contributed by atoms with Crippen molar-refractivity contribution in [2.75, 3.05) is 6.54 Å². The summed E-state index contributed by atoms with van der Waals surface area (Å²) in [6.07, 6.45) is 2.40. The number of hydrogen-bond donors (Lipinski definition) is 2. The Morgan fingerprint density at radius 3 is 2.79 bits per heavy atom. The van der Waals surface area contributed by atoms with Gasteiger partial charge >= 0.3 is 0 Å². The number of rotatable bonds is 4. The van der Waals surface area contributed by atoms with Crippen molar-refractivity contribution in [1.29, 1.82) is 0 Å². The van der Waals surface area contributed by atoms with Gasteiger partial charge in [-0.15, -0.1) is 0 Å². The monoisotopic (exact) mass is 257 g/mol. The molecule has 1 amide bonds. The number of fused-ring (bicyclic) bond motifs is 1. The van der Waals surface area contributed by atoms with E-state index in [1.54, 1.807) is 12.3 Å². The summed E-state index contributed by atoms with van der Waals surface area (Å²) in [6.45, 7) is 4.49. The highest BCUT2D eigenvalue weighted by atomic mass is 16.1. The molecule has 0 atom stereocenters. The minimum absolute atomic E-state index is 0.0861. The maximum absolute atomic E-state index is 12.4. The number of nitrogens with one attached hydrogen (secondary N) is 1. The van der Waals surface area contributed by atoms with Crippen LogP contribution < -0.4 is 11.1 Å². The summed E-state index contributed by atoms with van der Waals surface area (Å²) in [5.74, 6) is -0.0861. The Morgan fingerprint density at radius 2 is 2.05 bits per heavy atom. The molecule has 0 aliphatic carbocycles. The second-order valence-electron chi connectivity index (χ2n) is 5.25. The lowest BCUT2D eigenvalue weighted by molar-refractivity contribution is 0.0912. The smallest absolute Gasteiger partial charge is 0.252 e. The Labute approximate surface area is 113 Å². The Kier molecular flexibility index (Phi) is 3.81. The van der Waals surface area contributed by atoms with Crippen LogP contribution in [0.2, 0.25) is 0 Å². The van der Waals surface area contributed by atoms with Crippen LogP contribution in [0, 0.1) is 0 Å². The van der Waals surface area contributed by atoms with Gasteiger partial charge in [-0.25, -0.2) is 0 Å². The highest BCUT2D eigenvalue weighted by Gasteiger charge is 2.21. The standard InChI is InChI=1S/C15H19N3O/c1-15(2,8-9-16)18-14(19)12-7-10-17-13-6-4-3-5-11(12)13/h3-7,10H,8-9,16H2,1-2H3,(H,18,19). The fourth-order valence-corrected chi connectivity index (χ4v) is 2.09. The zero-order valence-corrected chi connectivity index (χ0v) is 11.3. The van der Waals surface area contributed by atoms with Crippen LogP contribution >= 0.6 is 0 Å². The van der Waals surface area contributed by atoms with Crippen molar-refractivity contribution in [1.82, 2.24) is 10.3 Å². The second-order valence-corrected chi connectivity index (χ2v) is 5.25. The summed E-state index contributed by atoms with van der Waals surface area (Å²) in [7, 11) is 0. The third-order valence-electron chi connectivity index (χ3n) is 3.11. The number of pyridine rings is 1. The van der Waals surface area contributed by atoms with E-state index >= 15 is 0 Å². The lowest BCUT2D eigenvalue weighted by Crippen LogP contribution is -2.44. The molecule has 3 N–H and O–H groups in total. The lowest BCUT2D eigenvalue weighted by Gasteiger charge is -2.25. The molecule has 0 saturated carbocycles. The number of carbonyl (C=O) groups is 1. The van der Waals surface area contributed by atoms with E-state index in [2.05, 4.69) is 10.3 Å². The molecule has 1 heterocycles. The molecule has 2 rings (SSSR count). The third kappa shape index (κ3) is 3.09. The second kappa shape index (κ2) is 5.36. The summed E-state index contributed by atoms with van der Waals surface area (Å²) < 4.78 is 0. The molecule has 0 fully saturated rings. The number of carbonyl (C=O) groups excluding carboxylic acids is 1. The molecule has 4 nitrogen and oxygen atoms in total. The molecule has 19 heavy (non-hydrogen) atoms. The number of amides is 1. The molecule has 1 aromatic carbocycles. The van der Waals surface area contributed by atoms with Gasteiger partial charge in [-0.3, -0.25) is 9.78 Å². The maximum atomic E-state index is 12.4. The van der Waals surface area contributed by atoms with Crippen LogP contribution in [-0.2, 0) is 0 Å². The van der Waals surface area contributed by atoms with Gasteiger partial charge < -0.3 is 11.1 Å². The molecule has 1 aromatic heterocycles. The Morgan fingerprint density at radius 1 is 1.32 bits per heavy atom. The van der Waals surface area contributed by atoms with E-state index in [0.29, 0.717) is 12.1 Å². The highest BCUT2D eigenvalue weighted by molar-refractivity contribution is 6.06. The van der Waals surface area contributed by atoms with Crippen molar-refractivity contribution in [3.05, 3.63) is 42.1 Å². The van der Waals surface area contributed by atoms with Crippen LogP contribution in [0.15, 0.2) is 36.5 Å². The molecular weight excluding hydrogens is 238 g/mol. The van der Waals surface area contributed by atoms with Crippen LogP contribution in [0.4, 0.5) is 0 Å².